The average molecular weight is 276 g/mol. The quantitative estimate of drug-likeness (QED) is 0.656. The molecule has 1 aromatic rings. The van der Waals surface area contributed by atoms with Crippen LogP contribution in [0.25, 0.3) is 0 Å². The molecule has 0 bridgehead atoms. The number of terminal acetylenes is 1. The topological polar surface area (TPSA) is 82.8 Å². The number of hydrogen-bond donors (Lipinski definition) is 1. The van der Waals surface area contributed by atoms with Gasteiger partial charge in [0.1, 0.15) is 5.82 Å². The molecule has 0 radical (unpaired) electrons. The number of rotatable bonds is 5. The fraction of sp³-hybridized carbons (Fsp3) is 0.231. The summed E-state index contributed by atoms with van der Waals surface area (Å²) in [5.41, 5.74) is 0. The van der Waals surface area contributed by atoms with Crippen molar-refractivity contribution in [3.05, 3.63) is 23.4 Å². The van der Waals surface area contributed by atoms with Gasteiger partial charge in [-0.05, 0) is 12.1 Å². The molecule has 1 unspecified atom stereocenters. The molecule has 1 heterocycles. The van der Waals surface area contributed by atoms with Crippen LogP contribution < -0.4 is 5.32 Å². The van der Waals surface area contributed by atoms with Gasteiger partial charge in [-0.3, -0.25) is 9.59 Å². The van der Waals surface area contributed by atoms with Crippen LogP contribution in [-0.2, 0) is 9.59 Å². The molecule has 0 aromatic carbocycles. The molecule has 0 saturated heterocycles. The van der Waals surface area contributed by atoms with Gasteiger partial charge in [-0.25, -0.2) is 4.98 Å². The third-order valence-electron chi connectivity index (χ3n) is 2.21. The number of nitriles is 1. The molecule has 0 aliphatic carbocycles. The highest BCUT2D eigenvalue weighted by Crippen LogP contribution is 2.11. The SMILES string of the molecule is C#CCCC(=O)C(C#N)C(=O)Nc1ccc(Cl)cn1. The maximum Gasteiger partial charge on any atom is 0.250 e. The summed E-state index contributed by atoms with van der Waals surface area (Å²) in [5, 5.41) is 11.7. The first kappa shape index (κ1) is 14.7. The summed E-state index contributed by atoms with van der Waals surface area (Å²) in [7, 11) is 0. The van der Waals surface area contributed by atoms with Crippen LogP contribution in [0.15, 0.2) is 18.3 Å². The molecule has 5 nitrogen and oxygen atoms in total. The number of nitrogens with one attached hydrogen (secondary N) is 1. The van der Waals surface area contributed by atoms with Crippen LogP contribution in [0.3, 0.4) is 0 Å². The van der Waals surface area contributed by atoms with Crippen LogP contribution in [0.1, 0.15) is 12.8 Å². The van der Waals surface area contributed by atoms with Crippen molar-refractivity contribution in [1.29, 1.82) is 5.26 Å². The summed E-state index contributed by atoms with van der Waals surface area (Å²) in [4.78, 5) is 27.2. The van der Waals surface area contributed by atoms with Crippen molar-refractivity contribution < 1.29 is 9.59 Å². The van der Waals surface area contributed by atoms with Gasteiger partial charge < -0.3 is 5.32 Å². The molecule has 1 N–H and O–H groups in total. The van der Waals surface area contributed by atoms with Crippen LogP contribution in [0.5, 0.6) is 0 Å². The Kier molecular flexibility index (Phi) is 5.53. The fourth-order valence-electron chi connectivity index (χ4n) is 1.26. The maximum atomic E-state index is 11.8. The minimum atomic E-state index is -1.38. The number of ketones is 1. The summed E-state index contributed by atoms with van der Waals surface area (Å²) in [6, 6.07) is 4.66. The summed E-state index contributed by atoms with van der Waals surface area (Å²) in [6.45, 7) is 0. The number of pyridine rings is 1. The van der Waals surface area contributed by atoms with Gasteiger partial charge in [0.25, 0.3) is 5.91 Å². The lowest BCUT2D eigenvalue weighted by Gasteiger charge is -2.08. The molecule has 1 rings (SSSR count). The Labute approximate surface area is 115 Å². The molecule has 0 saturated carbocycles. The Morgan fingerprint density at radius 1 is 1.53 bits per heavy atom. The summed E-state index contributed by atoms with van der Waals surface area (Å²) in [6.07, 6.45) is 6.56. The third-order valence-corrected chi connectivity index (χ3v) is 2.43. The van der Waals surface area contributed by atoms with E-state index in [-0.39, 0.29) is 18.7 Å². The van der Waals surface area contributed by atoms with Crippen LogP contribution in [0, 0.1) is 29.6 Å². The number of amides is 1. The van der Waals surface area contributed by atoms with Gasteiger partial charge >= 0.3 is 0 Å². The highest BCUT2D eigenvalue weighted by molar-refractivity contribution is 6.30. The molecule has 1 amide bonds. The van der Waals surface area contributed by atoms with Gasteiger partial charge in [0.05, 0.1) is 11.1 Å². The van der Waals surface area contributed by atoms with E-state index in [2.05, 4.69) is 16.2 Å². The summed E-state index contributed by atoms with van der Waals surface area (Å²) < 4.78 is 0. The molecule has 19 heavy (non-hydrogen) atoms. The van der Waals surface area contributed by atoms with E-state index in [1.807, 2.05) is 0 Å². The number of nitrogens with zero attached hydrogens (tertiary/aromatic N) is 2. The van der Waals surface area contributed by atoms with E-state index in [0.29, 0.717) is 5.02 Å². The van der Waals surface area contributed by atoms with Crippen LogP contribution in [0.2, 0.25) is 5.02 Å². The first-order valence-electron chi connectivity index (χ1n) is 5.36. The summed E-state index contributed by atoms with van der Waals surface area (Å²) in [5.74, 6) is -0.109. The average Bonchev–Trinajstić information content (AvgIpc) is 2.40. The van der Waals surface area contributed by atoms with Gasteiger partial charge in [0.2, 0.25) is 0 Å². The van der Waals surface area contributed by atoms with Crippen LogP contribution in [0.4, 0.5) is 5.82 Å². The van der Waals surface area contributed by atoms with Crippen molar-refractivity contribution in [2.75, 3.05) is 5.32 Å². The fourth-order valence-corrected chi connectivity index (χ4v) is 1.38. The van der Waals surface area contributed by atoms with Gasteiger partial charge in [0, 0.05) is 19.0 Å². The molecule has 0 aliphatic heterocycles. The molecular formula is C13H10ClN3O2. The molecule has 6 heteroatoms. The molecule has 0 aliphatic rings. The van der Waals surface area contributed by atoms with E-state index >= 15 is 0 Å². The zero-order valence-corrected chi connectivity index (χ0v) is 10.6. The molecule has 1 atom stereocenters. The molecular weight excluding hydrogens is 266 g/mol. The molecule has 0 spiro atoms. The number of carbonyl (C=O) groups is 2. The van der Waals surface area contributed by atoms with E-state index < -0.39 is 17.6 Å². The minimum absolute atomic E-state index is 0.00378. The Balaban J connectivity index is 2.70. The maximum absolute atomic E-state index is 11.8. The second kappa shape index (κ2) is 7.15. The van der Waals surface area contributed by atoms with Crippen molar-refractivity contribution in [3.63, 3.8) is 0 Å². The van der Waals surface area contributed by atoms with Crippen LogP contribution in [-0.4, -0.2) is 16.7 Å². The number of hydrogen-bond acceptors (Lipinski definition) is 4. The normalized spacial score (nSPS) is 10.9. The monoisotopic (exact) mass is 275 g/mol. The standard InChI is InChI=1S/C13H10ClN3O2/c1-2-3-4-11(18)10(7-15)13(19)17-12-6-5-9(14)8-16-12/h1,5-6,8,10H,3-4H2,(H,16,17,19). The first-order valence-corrected chi connectivity index (χ1v) is 5.74. The van der Waals surface area contributed by atoms with Crippen molar-refractivity contribution in [2.45, 2.75) is 12.8 Å². The Bertz CT molecular complexity index is 555. The van der Waals surface area contributed by atoms with Gasteiger partial charge in [0.15, 0.2) is 11.7 Å². The second-order valence-corrected chi connectivity index (χ2v) is 4.02. The molecule has 1 aromatic heterocycles. The van der Waals surface area contributed by atoms with Gasteiger partial charge in [-0.1, -0.05) is 11.6 Å². The van der Waals surface area contributed by atoms with E-state index in [4.69, 9.17) is 23.3 Å². The Morgan fingerprint density at radius 3 is 2.79 bits per heavy atom. The zero-order chi connectivity index (χ0) is 14.3. The van der Waals surface area contributed by atoms with Crippen molar-refractivity contribution in [1.82, 2.24) is 4.98 Å². The van der Waals surface area contributed by atoms with Gasteiger partial charge in [-0.15, -0.1) is 12.3 Å². The summed E-state index contributed by atoms with van der Waals surface area (Å²) >= 11 is 5.65. The van der Waals surface area contributed by atoms with E-state index in [9.17, 15) is 9.59 Å². The lowest BCUT2D eigenvalue weighted by Crippen LogP contribution is -2.28. The number of anilines is 1. The lowest BCUT2D eigenvalue weighted by molar-refractivity contribution is -0.128. The number of aromatic nitrogens is 1. The predicted octanol–water partition coefficient (Wildman–Crippen LogP) is 1.80. The number of carbonyl (C=O) groups excluding carboxylic acids is 2. The van der Waals surface area contributed by atoms with E-state index in [1.54, 1.807) is 6.07 Å². The van der Waals surface area contributed by atoms with Crippen LogP contribution >= 0.6 is 11.6 Å². The van der Waals surface area contributed by atoms with Gasteiger partial charge in [-0.2, -0.15) is 5.26 Å². The lowest BCUT2D eigenvalue weighted by atomic mass is 10.0. The smallest absolute Gasteiger partial charge is 0.250 e. The largest absolute Gasteiger partial charge is 0.309 e. The third kappa shape index (κ3) is 4.42. The number of Topliss-reactive ketones (excluding diaryl/α,β-unsaturated/α-hetero) is 1. The molecule has 0 fully saturated rings. The zero-order valence-electron chi connectivity index (χ0n) is 9.89. The van der Waals surface area contributed by atoms with Crippen molar-refractivity contribution >= 4 is 29.1 Å². The highest BCUT2D eigenvalue weighted by atomic mass is 35.5. The Hall–Kier alpha value is -2.37. The predicted molar refractivity (Wildman–Crippen MR) is 70.1 cm³/mol. The first-order chi connectivity index (χ1) is 9.08. The minimum Gasteiger partial charge on any atom is -0.309 e. The molecule has 96 valence electrons. The Morgan fingerprint density at radius 2 is 2.26 bits per heavy atom. The highest BCUT2D eigenvalue weighted by Gasteiger charge is 2.25. The number of halogens is 1. The van der Waals surface area contributed by atoms with Crippen molar-refractivity contribution in [2.24, 2.45) is 5.92 Å². The van der Waals surface area contributed by atoms with E-state index in [0.717, 1.165) is 0 Å². The van der Waals surface area contributed by atoms with E-state index in [1.165, 1.54) is 18.3 Å². The second-order valence-electron chi connectivity index (χ2n) is 3.58. The van der Waals surface area contributed by atoms with Crippen molar-refractivity contribution in [3.8, 4) is 18.4 Å².